The number of ether oxygens (including phenoxy) is 3. The SMILES string of the molecule is CCCCCCCCCCC(CCCCCCCC)COC(=O)CCCCC(CCCCCC)OC(=O)OCCN(CCN(CC)CC)C(C)C. The molecule has 0 aromatic heterocycles. The van der Waals surface area contributed by atoms with Crippen LogP contribution in [-0.2, 0) is 19.0 Å². The molecule has 7 nitrogen and oxygen atoms in total. The highest BCUT2D eigenvalue weighted by atomic mass is 16.7. The van der Waals surface area contributed by atoms with Crippen LogP contribution in [0.3, 0.4) is 0 Å². The van der Waals surface area contributed by atoms with Gasteiger partial charge in [-0.25, -0.2) is 4.79 Å². The Hall–Kier alpha value is -1.34. The lowest BCUT2D eigenvalue weighted by molar-refractivity contribution is -0.145. The van der Waals surface area contributed by atoms with E-state index >= 15 is 0 Å². The summed E-state index contributed by atoms with van der Waals surface area (Å²) in [6.45, 7) is 21.2. The fourth-order valence-corrected chi connectivity index (χ4v) is 6.93. The molecule has 0 heterocycles. The van der Waals surface area contributed by atoms with Crippen molar-refractivity contribution in [1.82, 2.24) is 9.80 Å². The first-order chi connectivity index (χ1) is 24.8. The molecule has 7 heteroatoms. The minimum Gasteiger partial charge on any atom is -0.465 e. The molecule has 0 N–H and O–H groups in total. The van der Waals surface area contributed by atoms with Crippen LogP contribution in [-0.4, -0.2) is 80.0 Å². The van der Waals surface area contributed by atoms with Crippen molar-refractivity contribution in [1.29, 1.82) is 0 Å². The summed E-state index contributed by atoms with van der Waals surface area (Å²) in [5.41, 5.74) is 0. The predicted molar refractivity (Wildman–Crippen MR) is 218 cm³/mol. The standard InChI is InChI=1S/C44H88N2O5/c1-8-13-16-19-21-22-24-26-31-41(30-25-23-20-17-14-9-2)39-50-43(47)34-29-28-33-42(32-27-18-15-10-3)51-44(48)49-38-37-46(40(6)7)36-35-45(11-4)12-5/h40-42H,8-39H2,1-7H3. The molecule has 0 aromatic carbocycles. The number of unbranched alkanes of at least 4 members (excludes halogenated alkanes) is 16. The van der Waals surface area contributed by atoms with Crippen molar-refractivity contribution in [2.45, 2.75) is 221 Å². The Kier molecular flexibility index (Phi) is 36.0. The summed E-state index contributed by atoms with van der Waals surface area (Å²) in [4.78, 5) is 30.2. The molecule has 0 aliphatic rings. The first-order valence-electron chi connectivity index (χ1n) is 22.3. The Morgan fingerprint density at radius 3 is 1.51 bits per heavy atom. The molecule has 0 radical (unpaired) electrons. The third kappa shape index (κ3) is 31.9. The number of likely N-dealkylation sites (N-methyl/N-ethyl adjacent to an activating group) is 1. The van der Waals surface area contributed by atoms with E-state index in [1.54, 1.807) is 0 Å². The van der Waals surface area contributed by atoms with E-state index in [0.29, 0.717) is 38.1 Å². The molecule has 0 amide bonds. The summed E-state index contributed by atoms with van der Waals surface area (Å²) in [5.74, 6) is 0.413. The molecular formula is C44H88N2O5. The second-order valence-corrected chi connectivity index (χ2v) is 15.5. The van der Waals surface area contributed by atoms with Gasteiger partial charge in [0.15, 0.2) is 0 Å². The van der Waals surface area contributed by atoms with Crippen molar-refractivity contribution in [3.8, 4) is 0 Å². The van der Waals surface area contributed by atoms with Gasteiger partial charge in [-0.05, 0) is 77.8 Å². The van der Waals surface area contributed by atoms with Gasteiger partial charge < -0.3 is 19.1 Å². The lowest BCUT2D eigenvalue weighted by Crippen LogP contribution is -2.40. The molecule has 0 saturated heterocycles. The van der Waals surface area contributed by atoms with Crippen molar-refractivity contribution < 1.29 is 23.8 Å². The predicted octanol–water partition coefficient (Wildman–Crippen LogP) is 12.5. The van der Waals surface area contributed by atoms with Crippen LogP contribution in [0.2, 0.25) is 0 Å². The van der Waals surface area contributed by atoms with Gasteiger partial charge in [0.1, 0.15) is 12.7 Å². The number of rotatable bonds is 38. The molecule has 51 heavy (non-hydrogen) atoms. The van der Waals surface area contributed by atoms with Gasteiger partial charge in [0.25, 0.3) is 0 Å². The van der Waals surface area contributed by atoms with Gasteiger partial charge in [0.2, 0.25) is 0 Å². The highest BCUT2D eigenvalue weighted by Crippen LogP contribution is 2.21. The number of nitrogens with zero attached hydrogens (tertiary/aromatic N) is 2. The molecule has 304 valence electrons. The molecule has 0 rings (SSSR count). The van der Waals surface area contributed by atoms with Gasteiger partial charge in [0, 0.05) is 32.1 Å². The second-order valence-electron chi connectivity index (χ2n) is 15.5. The monoisotopic (exact) mass is 725 g/mol. The summed E-state index contributed by atoms with van der Waals surface area (Å²) >= 11 is 0. The van der Waals surface area contributed by atoms with E-state index in [1.165, 1.54) is 116 Å². The third-order valence-corrected chi connectivity index (χ3v) is 10.6. The first kappa shape index (κ1) is 49.7. The largest absolute Gasteiger partial charge is 0.508 e. The van der Waals surface area contributed by atoms with E-state index < -0.39 is 6.16 Å². The minimum absolute atomic E-state index is 0.0746. The zero-order chi connectivity index (χ0) is 37.8. The zero-order valence-electron chi connectivity index (χ0n) is 35.3. The molecule has 0 aliphatic carbocycles. The average Bonchev–Trinajstić information content (AvgIpc) is 3.12. The molecule has 0 aliphatic heterocycles. The van der Waals surface area contributed by atoms with Crippen molar-refractivity contribution in [3.63, 3.8) is 0 Å². The van der Waals surface area contributed by atoms with E-state index in [2.05, 4.69) is 58.3 Å². The Morgan fingerprint density at radius 2 is 1.00 bits per heavy atom. The van der Waals surface area contributed by atoms with Crippen molar-refractivity contribution >= 4 is 12.1 Å². The van der Waals surface area contributed by atoms with Crippen LogP contribution in [0.15, 0.2) is 0 Å². The quantitative estimate of drug-likeness (QED) is 0.0464. The third-order valence-electron chi connectivity index (χ3n) is 10.6. The van der Waals surface area contributed by atoms with Gasteiger partial charge in [-0.15, -0.1) is 0 Å². The number of hydrogen-bond donors (Lipinski definition) is 0. The van der Waals surface area contributed by atoms with E-state index in [4.69, 9.17) is 14.2 Å². The number of carbonyl (C=O) groups excluding carboxylic acids is 2. The average molecular weight is 725 g/mol. The second kappa shape index (κ2) is 37.0. The topological polar surface area (TPSA) is 68.3 Å². The normalized spacial score (nSPS) is 12.9. The van der Waals surface area contributed by atoms with Gasteiger partial charge in [-0.1, -0.05) is 144 Å². The molecule has 0 saturated carbocycles. The Morgan fingerprint density at radius 1 is 0.529 bits per heavy atom. The van der Waals surface area contributed by atoms with Crippen LogP contribution in [0.5, 0.6) is 0 Å². The molecule has 0 spiro atoms. The highest BCUT2D eigenvalue weighted by molar-refractivity contribution is 5.69. The van der Waals surface area contributed by atoms with Crippen LogP contribution in [0.4, 0.5) is 4.79 Å². The summed E-state index contributed by atoms with van der Waals surface area (Å²) in [6, 6.07) is 0.388. The molecule has 0 fully saturated rings. The summed E-state index contributed by atoms with van der Waals surface area (Å²) in [7, 11) is 0. The number of hydrogen-bond acceptors (Lipinski definition) is 7. The van der Waals surface area contributed by atoms with Crippen LogP contribution >= 0.6 is 0 Å². The fourth-order valence-electron chi connectivity index (χ4n) is 6.93. The highest BCUT2D eigenvalue weighted by Gasteiger charge is 2.18. The smallest absolute Gasteiger partial charge is 0.465 e. The number of carbonyl (C=O) groups is 2. The van der Waals surface area contributed by atoms with E-state index in [-0.39, 0.29) is 12.1 Å². The molecule has 2 atom stereocenters. The summed E-state index contributed by atoms with van der Waals surface area (Å²) in [6.07, 6.45) is 28.3. The lowest BCUT2D eigenvalue weighted by Gasteiger charge is -2.29. The lowest BCUT2D eigenvalue weighted by atomic mass is 9.94. The van der Waals surface area contributed by atoms with E-state index in [0.717, 1.165) is 64.7 Å². The van der Waals surface area contributed by atoms with Crippen LogP contribution in [0.25, 0.3) is 0 Å². The van der Waals surface area contributed by atoms with Crippen LogP contribution in [0.1, 0.15) is 209 Å². The number of esters is 1. The fraction of sp³-hybridized carbons (Fsp3) is 0.955. The molecular weight excluding hydrogens is 636 g/mol. The van der Waals surface area contributed by atoms with Crippen molar-refractivity contribution in [2.24, 2.45) is 5.92 Å². The van der Waals surface area contributed by atoms with Crippen molar-refractivity contribution in [2.75, 3.05) is 45.9 Å². The van der Waals surface area contributed by atoms with Crippen molar-refractivity contribution in [3.05, 3.63) is 0 Å². The first-order valence-corrected chi connectivity index (χ1v) is 22.3. The zero-order valence-corrected chi connectivity index (χ0v) is 35.3. The minimum atomic E-state index is -0.560. The summed E-state index contributed by atoms with van der Waals surface area (Å²) < 4.78 is 17.3. The van der Waals surface area contributed by atoms with E-state index in [1.807, 2.05) is 0 Å². The van der Waals surface area contributed by atoms with Crippen LogP contribution in [0, 0.1) is 5.92 Å². The van der Waals surface area contributed by atoms with Gasteiger partial charge in [0.05, 0.1) is 6.61 Å². The molecule has 0 bridgehead atoms. The Balaban J connectivity index is 4.67. The summed E-state index contributed by atoms with van der Waals surface area (Å²) in [5, 5.41) is 0. The Labute approximate surface area is 318 Å². The molecule has 0 aromatic rings. The molecule has 2 unspecified atom stereocenters. The Bertz CT molecular complexity index is 760. The maximum absolute atomic E-state index is 12.8. The maximum Gasteiger partial charge on any atom is 0.508 e. The van der Waals surface area contributed by atoms with Gasteiger partial charge in [-0.3, -0.25) is 9.69 Å². The van der Waals surface area contributed by atoms with Gasteiger partial charge >= 0.3 is 12.1 Å². The maximum atomic E-state index is 12.8. The van der Waals surface area contributed by atoms with Gasteiger partial charge in [-0.2, -0.15) is 0 Å². The van der Waals surface area contributed by atoms with E-state index in [9.17, 15) is 9.59 Å². The van der Waals surface area contributed by atoms with Crippen LogP contribution < -0.4 is 0 Å².